The summed E-state index contributed by atoms with van der Waals surface area (Å²) in [4.78, 5) is 37.9. The molecule has 0 saturated heterocycles. The van der Waals surface area contributed by atoms with Gasteiger partial charge in [0.1, 0.15) is 13.2 Å². The highest BCUT2D eigenvalue weighted by molar-refractivity contribution is 5.92. The van der Waals surface area contributed by atoms with Crippen LogP contribution in [0.25, 0.3) is 0 Å². The highest BCUT2D eigenvalue weighted by Crippen LogP contribution is 2.09. The highest BCUT2D eigenvalue weighted by Gasteiger charge is 2.14. The summed E-state index contributed by atoms with van der Waals surface area (Å²) in [7, 11) is 0. The predicted molar refractivity (Wildman–Crippen MR) is 140 cm³/mol. The van der Waals surface area contributed by atoms with E-state index < -0.39 is 0 Å². The first-order chi connectivity index (χ1) is 16.4. The number of nitrogens with one attached hydrogen (secondary N) is 2. The maximum atomic E-state index is 12.7. The van der Waals surface area contributed by atoms with Gasteiger partial charge in [-0.05, 0) is 26.2 Å². The van der Waals surface area contributed by atoms with E-state index in [-0.39, 0.29) is 30.9 Å². The molecule has 0 aromatic carbocycles. The lowest BCUT2D eigenvalue weighted by molar-refractivity contribution is -0.138. The van der Waals surface area contributed by atoms with E-state index in [2.05, 4.69) is 31.1 Å². The molecule has 0 aliphatic rings. The van der Waals surface area contributed by atoms with Gasteiger partial charge in [-0.15, -0.1) is 0 Å². The molecule has 0 aromatic heterocycles. The lowest BCUT2D eigenvalue weighted by atomic mass is 10.1. The third-order valence-corrected chi connectivity index (χ3v) is 5.72. The van der Waals surface area contributed by atoms with Crippen LogP contribution in [0.3, 0.4) is 0 Å². The van der Waals surface area contributed by atoms with Crippen LogP contribution in [-0.4, -0.2) is 62.0 Å². The summed E-state index contributed by atoms with van der Waals surface area (Å²) >= 11 is 0. The van der Waals surface area contributed by atoms with Crippen LogP contribution in [0.4, 0.5) is 0 Å². The predicted octanol–water partition coefficient (Wildman–Crippen LogP) is 4.75. The van der Waals surface area contributed by atoms with Crippen LogP contribution in [0, 0.1) is 0 Å². The minimum Gasteiger partial charge on any atom is -0.362 e. The van der Waals surface area contributed by atoms with E-state index in [1.807, 2.05) is 4.90 Å². The van der Waals surface area contributed by atoms with Gasteiger partial charge >= 0.3 is 0 Å². The normalized spacial score (nSPS) is 10.7. The molecule has 34 heavy (non-hydrogen) atoms. The number of amides is 3. The van der Waals surface area contributed by atoms with Crippen LogP contribution < -0.4 is 10.6 Å². The zero-order valence-corrected chi connectivity index (χ0v) is 22.2. The second-order valence-corrected chi connectivity index (χ2v) is 9.15. The Bertz CT molecular complexity index is 550. The molecule has 198 valence electrons. The van der Waals surface area contributed by atoms with Crippen LogP contribution >= 0.6 is 0 Å². The molecule has 0 radical (unpaired) electrons. The number of hydrogen-bond donors (Lipinski definition) is 2. The van der Waals surface area contributed by atoms with Crippen LogP contribution in [0.1, 0.15) is 104 Å². The molecule has 0 spiro atoms. The topological polar surface area (TPSA) is 87.7 Å². The fourth-order valence-corrected chi connectivity index (χ4v) is 3.57. The Morgan fingerprint density at radius 3 is 1.74 bits per heavy atom. The van der Waals surface area contributed by atoms with Crippen LogP contribution in [0.15, 0.2) is 12.2 Å². The Labute approximate surface area is 208 Å². The molecule has 0 rings (SSSR count). The third kappa shape index (κ3) is 19.6. The Balaban J connectivity index is 4.17. The van der Waals surface area contributed by atoms with Crippen molar-refractivity contribution < 1.29 is 19.1 Å². The lowest BCUT2D eigenvalue weighted by Gasteiger charge is -2.23. The van der Waals surface area contributed by atoms with Gasteiger partial charge in [-0.3, -0.25) is 14.4 Å². The SMILES string of the molecule is C=C(C)C(=O)NCCCNC(=O)COCC(=O)N(CCCCCCCC)CCCCCCCC. The molecule has 7 heteroatoms. The fraction of sp³-hybridized carbons (Fsp3) is 0.815. The quantitative estimate of drug-likeness (QED) is 0.163. The Hall–Kier alpha value is -1.89. The minimum atomic E-state index is -0.252. The first kappa shape index (κ1) is 32.1. The van der Waals surface area contributed by atoms with Gasteiger partial charge in [-0.2, -0.15) is 0 Å². The molecule has 0 heterocycles. The monoisotopic (exact) mass is 481 g/mol. The Morgan fingerprint density at radius 1 is 0.706 bits per heavy atom. The van der Waals surface area contributed by atoms with E-state index in [0.29, 0.717) is 25.1 Å². The van der Waals surface area contributed by atoms with Crippen molar-refractivity contribution in [3.05, 3.63) is 12.2 Å². The molecule has 7 nitrogen and oxygen atoms in total. The van der Waals surface area contributed by atoms with E-state index in [0.717, 1.165) is 38.8 Å². The van der Waals surface area contributed by atoms with E-state index in [9.17, 15) is 14.4 Å². The van der Waals surface area contributed by atoms with Crippen molar-refractivity contribution >= 4 is 17.7 Å². The number of carbonyl (C=O) groups is 3. The Morgan fingerprint density at radius 2 is 1.21 bits per heavy atom. The van der Waals surface area contributed by atoms with Gasteiger partial charge in [0, 0.05) is 31.8 Å². The van der Waals surface area contributed by atoms with Crippen molar-refractivity contribution in [3.8, 4) is 0 Å². The van der Waals surface area contributed by atoms with Crippen LogP contribution in [0.5, 0.6) is 0 Å². The van der Waals surface area contributed by atoms with Crippen molar-refractivity contribution in [2.75, 3.05) is 39.4 Å². The third-order valence-electron chi connectivity index (χ3n) is 5.72. The molecule has 0 saturated carbocycles. The number of rotatable bonds is 23. The molecule has 0 bridgehead atoms. The average molecular weight is 482 g/mol. The summed E-state index contributed by atoms with van der Waals surface area (Å²) < 4.78 is 5.40. The first-order valence-electron chi connectivity index (χ1n) is 13.5. The zero-order valence-electron chi connectivity index (χ0n) is 22.2. The Kier molecular flexibility index (Phi) is 21.6. The van der Waals surface area contributed by atoms with Crippen molar-refractivity contribution in [1.29, 1.82) is 0 Å². The van der Waals surface area contributed by atoms with Crippen molar-refractivity contribution in [2.45, 2.75) is 104 Å². The molecule has 0 aliphatic heterocycles. The van der Waals surface area contributed by atoms with Gasteiger partial charge in [0.15, 0.2) is 0 Å². The zero-order chi connectivity index (χ0) is 25.4. The summed E-state index contributed by atoms with van der Waals surface area (Å²) in [5.41, 5.74) is 0.462. The number of unbranched alkanes of at least 4 members (excludes halogenated alkanes) is 10. The van der Waals surface area contributed by atoms with Crippen molar-refractivity contribution in [2.24, 2.45) is 0 Å². The van der Waals surface area contributed by atoms with Gasteiger partial charge < -0.3 is 20.3 Å². The number of nitrogens with zero attached hydrogens (tertiary/aromatic N) is 1. The van der Waals surface area contributed by atoms with Crippen molar-refractivity contribution in [3.63, 3.8) is 0 Å². The summed E-state index contributed by atoms with van der Waals surface area (Å²) in [6, 6.07) is 0. The lowest BCUT2D eigenvalue weighted by Crippen LogP contribution is -2.37. The molecular formula is C27H51N3O4. The number of ether oxygens (including phenoxy) is 1. The van der Waals surface area contributed by atoms with Crippen LogP contribution in [0.2, 0.25) is 0 Å². The molecule has 0 unspecified atom stereocenters. The van der Waals surface area contributed by atoms with Gasteiger partial charge in [-0.25, -0.2) is 0 Å². The number of carbonyl (C=O) groups excluding carboxylic acids is 3. The second kappa shape index (κ2) is 22.9. The van der Waals surface area contributed by atoms with E-state index >= 15 is 0 Å². The second-order valence-electron chi connectivity index (χ2n) is 9.15. The van der Waals surface area contributed by atoms with Gasteiger partial charge in [0.25, 0.3) is 0 Å². The molecule has 3 amide bonds. The maximum absolute atomic E-state index is 12.7. The summed E-state index contributed by atoms with van der Waals surface area (Å²) in [6.07, 6.45) is 15.0. The van der Waals surface area contributed by atoms with E-state index in [4.69, 9.17) is 4.74 Å². The summed E-state index contributed by atoms with van der Waals surface area (Å²) in [5.74, 6) is -0.463. The minimum absolute atomic E-state index is 0.0302. The molecule has 0 aliphatic carbocycles. The summed E-state index contributed by atoms with van der Waals surface area (Å²) in [5, 5.41) is 5.46. The molecular weight excluding hydrogens is 430 g/mol. The maximum Gasteiger partial charge on any atom is 0.248 e. The molecule has 0 fully saturated rings. The smallest absolute Gasteiger partial charge is 0.248 e. The van der Waals surface area contributed by atoms with Crippen LogP contribution in [-0.2, 0) is 19.1 Å². The van der Waals surface area contributed by atoms with Gasteiger partial charge in [-0.1, -0.05) is 84.6 Å². The molecule has 0 atom stereocenters. The molecule has 2 N–H and O–H groups in total. The largest absolute Gasteiger partial charge is 0.362 e. The van der Waals surface area contributed by atoms with Gasteiger partial charge in [0.2, 0.25) is 17.7 Å². The highest BCUT2D eigenvalue weighted by atomic mass is 16.5. The van der Waals surface area contributed by atoms with E-state index in [1.165, 1.54) is 51.4 Å². The number of hydrogen-bond acceptors (Lipinski definition) is 4. The van der Waals surface area contributed by atoms with Gasteiger partial charge in [0.05, 0.1) is 0 Å². The van der Waals surface area contributed by atoms with E-state index in [1.54, 1.807) is 6.92 Å². The standard InChI is InChI=1S/C27H51N3O4/c1-5-7-9-11-13-15-20-30(21-16-14-12-10-8-6-2)26(32)23-34-22-25(31)28-18-17-19-29-27(33)24(3)4/h3,5-23H2,1-2,4H3,(H,28,31)(H,29,33). The molecule has 0 aromatic rings. The first-order valence-corrected chi connectivity index (χ1v) is 13.5. The average Bonchev–Trinajstić information content (AvgIpc) is 2.81. The van der Waals surface area contributed by atoms with Crippen molar-refractivity contribution in [1.82, 2.24) is 15.5 Å². The summed E-state index contributed by atoms with van der Waals surface area (Å²) in [6.45, 7) is 11.9. The fourth-order valence-electron chi connectivity index (χ4n) is 3.57.